The second-order valence-corrected chi connectivity index (χ2v) is 4.14. The molecule has 23 heavy (non-hydrogen) atoms. The van der Waals surface area contributed by atoms with Gasteiger partial charge in [-0.25, -0.2) is 0 Å². The van der Waals surface area contributed by atoms with Crippen LogP contribution in [0.3, 0.4) is 0 Å². The molecular weight excluding hydrogens is 304 g/mol. The summed E-state index contributed by atoms with van der Waals surface area (Å²) in [6.45, 7) is 0. The normalized spacial score (nSPS) is 9.22. The van der Waals surface area contributed by atoms with Gasteiger partial charge >= 0.3 is 0 Å². The van der Waals surface area contributed by atoms with Crippen molar-refractivity contribution in [1.29, 1.82) is 0 Å². The molecule has 2 aromatic carbocycles. The van der Waals surface area contributed by atoms with Crippen molar-refractivity contribution in [1.82, 2.24) is 0 Å². The summed E-state index contributed by atoms with van der Waals surface area (Å²) in [6.07, 6.45) is 0. The number of hydrogen-bond acceptors (Lipinski definition) is 6. The second kappa shape index (κ2) is 7.98. The van der Waals surface area contributed by atoms with E-state index in [9.17, 15) is 24.6 Å². The fourth-order valence-corrected chi connectivity index (χ4v) is 1.53. The zero-order chi connectivity index (χ0) is 17.4. The smallest absolute Gasteiger partial charge is 0.270 e. The number of rotatable bonds is 4. The van der Waals surface area contributed by atoms with E-state index >= 15 is 0 Å². The summed E-state index contributed by atoms with van der Waals surface area (Å²) in [7, 11) is 0. The van der Waals surface area contributed by atoms with Crippen LogP contribution in [0.5, 0.6) is 0 Å². The summed E-state index contributed by atoms with van der Waals surface area (Å²) >= 11 is 0. The lowest BCUT2D eigenvalue weighted by atomic mass is 10.2. The van der Waals surface area contributed by atoms with Gasteiger partial charge in [-0.2, -0.15) is 0 Å². The van der Waals surface area contributed by atoms with Crippen molar-refractivity contribution in [2.45, 2.75) is 0 Å². The number of nitro benzene ring substituents is 1. The molecule has 0 fully saturated rings. The number of carbonyl (C=O) groups is 2. The summed E-state index contributed by atoms with van der Waals surface area (Å²) in [5.74, 6) is -1.31. The average Bonchev–Trinajstić information content (AvgIpc) is 2.55. The first-order chi connectivity index (χ1) is 10.9. The zero-order valence-electron chi connectivity index (χ0n) is 11.7. The van der Waals surface area contributed by atoms with Crippen molar-refractivity contribution in [3.05, 3.63) is 74.7 Å². The second-order valence-electron chi connectivity index (χ2n) is 4.14. The minimum absolute atomic E-state index is 0.0833. The number of nitroso groups, excluding NO2 is 1. The van der Waals surface area contributed by atoms with Crippen LogP contribution in [0.1, 0.15) is 20.7 Å². The third-order valence-corrected chi connectivity index (χ3v) is 2.61. The maximum absolute atomic E-state index is 10.6. The van der Waals surface area contributed by atoms with E-state index in [1.54, 1.807) is 12.1 Å². The number of non-ortho nitro benzene ring substituents is 1. The molecule has 0 aliphatic heterocycles. The van der Waals surface area contributed by atoms with Gasteiger partial charge in [0.2, 0.25) is 5.91 Å². The highest BCUT2D eigenvalue weighted by Crippen LogP contribution is 2.16. The van der Waals surface area contributed by atoms with Crippen molar-refractivity contribution in [2.75, 3.05) is 0 Å². The lowest BCUT2D eigenvalue weighted by Gasteiger charge is -1.95. The van der Waals surface area contributed by atoms with Gasteiger partial charge in [0.15, 0.2) is 0 Å². The number of primary amides is 2. The molecule has 0 radical (unpaired) electrons. The van der Waals surface area contributed by atoms with Crippen LogP contribution in [0.25, 0.3) is 0 Å². The molecule has 0 aromatic heterocycles. The van der Waals surface area contributed by atoms with E-state index in [1.165, 1.54) is 30.3 Å². The molecule has 118 valence electrons. The molecule has 0 saturated carbocycles. The van der Waals surface area contributed by atoms with Crippen LogP contribution >= 0.6 is 0 Å². The zero-order valence-corrected chi connectivity index (χ0v) is 11.7. The summed E-state index contributed by atoms with van der Waals surface area (Å²) in [5, 5.41) is 12.9. The van der Waals surface area contributed by atoms with E-state index in [0.29, 0.717) is 0 Å². The lowest BCUT2D eigenvalue weighted by Crippen LogP contribution is -2.10. The van der Waals surface area contributed by atoms with Crippen LogP contribution in [0, 0.1) is 15.0 Å². The van der Waals surface area contributed by atoms with Gasteiger partial charge in [0.05, 0.1) is 10.5 Å². The first-order valence-electron chi connectivity index (χ1n) is 6.13. The molecule has 9 nitrogen and oxygen atoms in total. The average molecular weight is 316 g/mol. The van der Waals surface area contributed by atoms with Gasteiger partial charge in [0.25, 0.3) is 11.6 Å². The Morgan fingerprint density at radius 1 is 1.00 bits per heavy atom. The Balaban J connectivity index is 0.000000231. The highest BCUT2D eigenvalue weighted by atomic mass is 16.6. The van der Waals surface area contributed by atoms with Gasteiger partial charge < -0.3 is 11.5 Å². The summed E-state index contributed by atoms with van der Waals surface area (Å²) in [4.78, 5) is 40.9. The van der Waals surface area contributed by atoms with Crippen molar-refractivity contribution in [2.24, 2.45) is 16.6 Å². The molecule has 0 bridgehead atoms. The van der Waals surface area contributed by atoms with Gasteiger partial charge in [-0.05, 0) is 23.4 Å². The Bertz CT molecular complexity index is 731. The van der Waals surface area contributed by atoms with Crippen molar-refractivity contribution in [3.8, 4) is 0 Å². The molecule has 0 atom stereocenters. The van der Waals surface area contributed by atoms with Crippen LogP contribution in [0.4, 0.5) is 11.4 Å². The van der Waals surface area contributed by atoms with Gasteiger partial charge in [-0.3, -0.25) is 19.7 Å². The summed E-state index contributed by atoms with van der Waals surface area (Å²) in [6, 6.07) is 11.4. The molecule has 0 unspecified atom stereocenters. The Kier molecular flexibility index (Phi) is 6.05. The summed E-state index contributed by atoms with van der Waals surface area (Å²) < 4.78 is 0. The van der Waals surface area contributed by atoms with E-state index < -0.39 is 16.7 Å². The standard InChI is InChI=1S/C7H6N2O3.C7H6N2O2/c8-7(10)5-2-1-3-6(4-5)9(11)12;8-7(10)5-3-1-2-4-6(5)9-11/h1-4H,(H2,8,10);1-4H,(H2,8,10). The van der Waals surface area contributed by atoms with E-state index in [-0.39, 0.29) is 22.5 Å². The van der Waals surface area contributed by atoms with Crippen LogP contribution in [0.2, 0.25) is 0 Å². The van der Waals surface area contributed by atoms with Crippen LogP contribution in [-0.2, 0) is 0 Å². The molecule has 2 aromatic rings. The Labute approximate surface area is 130 Å². The fourth-order valence-electron chi connectivity index (χ4n) is 1.53. The highest BCUT2D eigenvalue weighted by Gasteiger charge is 2.08. The molecule has 2 rings (SSSR count). The van der Waals surface area contributed by atoms with Gasteiger partial charge in [-0.15, -0.1) is 4.91 Å². The van der Waals surface area contributed by atoms with Crippen molar-refractivity contribution in [3.63, 3.8) is 0 Å². The fraction of sp³-hybridized carbons (Fsp3) is 0. The third-order valence-electron chi connectivity index (χ3n) is 2.61. The quantitative estimate of drug-likeness (QED) is 0.499. The van der Waals surface area contributed by atoms with Gasteiger partial charge in [0.1, 0.15) is 5.69 Å². The molecule has 2 amide bonds. The lowest BCUT2D eigenvalue weighted by molar-refractivity contribution is -0.384. The highest BCUT2D eigenvalue weighted by molar-refractivity contribution is 5.97. The molecule has 0 aliphatic rings. The van der Waals surface area contributed by atoms with E-state index in [2.05, 4.69) is 5.18 Å². The van der Waals surface area contributed by atoms with E-state index in [4.69, 9.17) is 11.5 Å². The largest absolute Gasteiger partial charge is 0.366 e. The molecule has 4 N–H and O–H groups in total. The van der Waals surface area contributed by atoms with Crippen LogP contribution in [-0.4, -0.2) is 16.7 Å². The number of hydrogen-bond donors (Lipinski definition) is 2. The number of benzene rings is 2. The SMILES string of the molecule is NC(=O)c1cccc([N+](=O)[O-])c1.NC(=O)c1ccccc1N=O. The number of nitrogens with zero attached hydrogens (tertiary/aromatic N) is 2. The molecule has 9 heteroatoms. The van der Waals surface area contributed by atoms with E-state index in [0.717, 1.165) is 6.07 Å². The molecular formula is C14H12N4O5. The number of nitrogens with two attached hydrogens (primary N) is 2. The van der Waals surface area contributed by atoms with Crippen molar-refractivity contribution >= 4 is 23.2 Å². The number of carbonyl (C=O) groups excluding carboxylic acids is 2. The van der Waals surface area contributed by atoms with Crippen LogP contribution in [0.15, 0.2) is 53.7 Å². The monoisotopic (exact) mass is 316 g/mol. The number of amides is 2. The Morgan fingerprint density at radius 2 is 1.65 bits per heavy atom. The minimum atomic E-state index is -0.668. The minimum Gasteiger partial charge on any atom is -0.366 e. The Morgan fingerprint density at radius 3 is 2.13 bits per heavy atom. The molecule has 0 spiro atoms. The topological polar surface area (TPSA) is 159 Å². The Hall–Kier alpha value is -3.62. The number of nitro groups is 1. The predicted molar refractivity (Wildman–Crippen MR) is 82.0 cm³/mol. The first kappa shape index (κ1) is 17.4. The van der Waals surface area contributed by atoms with Crippen molar-refractivity contribution < 1.29 is 14.5 Å². The van der Waals surface area contributed by atoms with Crippen LogP contribution < -0.4 is 11.5 Å². The third kappa shape index (κ3) is 5.01. The van der Waals surface area contributed by atoms with E-state index in [1.807, 2.05) is 0 Å². The molecule has 0 aliphatic carbocycles. The van der Waals surface area contributed by atoms with Gasteiger partial charge in [-0.1, -0.05) is 18.2 Å². The first-order valence-corrected chi connectivity index (χ1v) is 6.13. The predicted octanol–water partition coefficient (Wildman–Crippen LogP) is 1.88. The van der Waals surface area contributed by atoms with Gasteiger partial charge in [0, 0.05) is 17.7 Å². The summed E-state index contributed by atoms with van der Waals surface area (Å²) in [5.41, 5.74) is 10.1. The molecule has 0 heterocycles. The maximum Gasteiger partial charge on any atom is 0.270 e. The maximum atomic E-state index is 10.6. The molecule has 0 saturated heterocycles.